The van der Waals surface area contributed by atoms with E-state index in [9.17, 15) is 4.79 Å². The van der Waals surface area contributed by atoms with Crippen LogP contribution in [0.25, 0.3) is 0 Å². The maximum atomic E-state index is 11.7. The average Bonchev–Trinajstić information content (AvgIpc) is 2.22. The molecule has 0 bridgehead atoms. The first-order valence-corrected chi connectivity index (χ1v) is 7.70. The van der Waals surface area contributed by atoms with Crippen molar-refractivity contribution in [2.24, 2.45) is 11.1 Å². The lowest BCUT2D eigenvalue weighted by atomic mass is 9.89. The fraction of sp³-hybridized carbons (Fsp3) is 0.923. The van der Waals surface area contributed by atoms with E-state index in [1.807, 2.05) is 13.2 Å². The summed E-state index contributed by atoms with van der Waals surface area (Å²) in [6.45, 7) is 8.69. The van der Waals surface area contributed by atoms with Gasteiger partial charge in [0.1, 0.15) is 0 Å². The van der Waals surface area contributed by atoms with Gasteiger partial charge in [-0.3, -0.25) is 4.79 Å². The van der Waals surface area contributed by atoms with Gasteiger partial charge in [-0.05, 0) is 43.6 Å². The third-order valence-corrected chi connectivity index (χ3v) is 3.33. The fourth-order valence-corrected chi connectivity index (χ4v) is 1.94. The van der Waals surface area contributed by atoms with Crippen LogP contribution in [-0.4, -0.2) is 30.0 Å². The Bertz CT molecular complexity index is 226. The van der Waals surface area contributed by atoms with Gasteiger partial charge in [-0.15, -0.1) is 0 Å². The zero-order valence-electron chi connectivity index (χ0n) is 11.9. The van der Waals surface area contributed by atoms with Crippen LogP contribution in [0.1, 0.15) is 47.0 Å². The molecular formula is C13H28N2OS. The standard InChI is InChI=1S/C13H28N2OS/c1-10(6-8-13(2,3)4)15-12(16)11(14)7-9-17-5/h10-11H,6-9,14H2,1-5H3,(H,15,16)/t10?,11-/m0/s1. The van der Waals surface area contributed by atoms with E-state index < -0.39 is 0 Å². The lowest BCUT2D eigenvalue weighted by Crippen LogP contribution is -2.44. The minimum absolute atomic E-state index is 0.0135. The molecule has 0 aliphatic carbocycles. The smallest absolute Gasteiger partial charge is 0.237 e. The van der Waals surface area contributed by atoms with Crippen LogP contribution in [0.5, 0.6) is 0 Å². The summed E-state index contributed by atoms with van der Waals surface area (Å²) in [5.41, 5.74) is 6.13. The molecule has 0 fully saturated rings. The number of amides is 1. The molecule has 2 atom stereocenters. The molecule has 17 heavy (non-hydrogen) atoms. The number of carbonyl (C=O) groups is 1. The summed E-state index contributed by atoms with van der Waals surface area (Å²) in [5, 5.41) is 2.99. The second kappa shape index (κ2) is 7.98. The molecule has 0 aromatic heterocycles. The lowest BCUT2D eigenvalue weighted by Gasteiger charge is -2.22. The van der Waals surface area contributed by atoms with Crippen LogP contribution >= 0.6 is 11.8 Å². The Morgan fingerprint density at radius 2 is 1.94 bits per heavy atom. The SMILES string of the molecule is CSCC[C@H](N)C(=O)NC(C)CCC(C)(C)C. The van der Waals surface area contributed by atoms with Gasteiger partial charge < -0.3 is 11.1 Å². The molecule has 4 heteroatoms. The van der Waals surface area contributed by atoms with Crippen LogP contribution < -0.4 is 11.1 Å². The van der Waals surface area contributed by atoms with Gasteiger partial charge in [0, 0.05) is 6.04 Å². The van der Waals surface area contributed by atoms with Crippen molar-refractivity contribution in [3.63, 3.8) is 0 Å². The topological polar surface area (TPSA) is 55.1 Å². The van der Waals surface area contributed by atoms with E-state index in [-0.39, 0.29) is 18.0 Å². The highest BCUT2D eigenvalue weighted by Crippen LogP contribution is 2.21. The maximum absolute atomic E-state index is 11.7. The molecule has 0 aromatic rings. The second-order valence-electron chi connectivity index (χ2n) is 5.90. The van der Waals surface area contributed by atoms with Gasteiger partial charge in [-0.2, -0.15) is 11.8 Å². The predicted molar refractivity (Wildman–Crippen MR) is 77.3 cm³/mol. The first-order valence-electron chi connectivity index (χ1n) is 6.31. The molecule has 1 unspecified atom stereocenters. The Labute approximate surface area is 110 Å². The number of carbonyl (C=O) groups excluding carboxylic acids is 1. The number of nitrogens with two attached hydrogens (primary N) is 1. The molecule has 102 valence electrons. The minimum Gasteiger partial charge on any atom is -0.352 e. The van der Waals surface area contributed by atoms with Gasteiger partial charge >= 0.3 is 0 Å². The first-order chi connectivity index (χ1) is 7.76. The Kier molecular flexibility index (Phi) is 7.88. The van der Waals surface area contributed by atoms with Gasteiger partial charge in [-0.25, -0.2) is 0 Å². The van der Waals surface area contributed by atoms with Gasteiger partial charge in [0.25, 0.3) is 0 Å². The molecule has 0 aliphatic heterocycles. The minimum atomic E-state index is -0.362. The lowest BCUT2D eigenvalue weighted by molar-refractivity contribution is -0.123. The van der Waals surface area contributed by atoms with Crippen LogP contribution in [0.2, 0.25) is 0 Å². The average molecular weight is 260 g/mol. The normalized spacial score (nSPS) is 15.4. The van der Waals surface area contributed by atoms with E-state index in [0.29, 0.717) is 5.41 Å². The molecule has 3 N–H and O–H groups in total. The van der Waals surface area contributed by atoms with Gasteiger partial charge in [0.2, 0.25) is 5.91 Å². The van der Waals surface area contributed by atoms with E-state index in [0.717, 1.165) is 25.0 Å². The number of hydrogen-bond acceptors (Lipinski definition) is 3. The third-order valence-electron chi connectivity index (χ3n) is 2.69. The van der Waals surface area contributed by atoms with Crippen molar-refractivity contribution >= 4 is 17.7 Å². The van der Waals surface area contributed by atoms with Crippen LogP contribution in [0.15, 0.2) is 0 Å². The number of nitrogens with one attached hydrogen (secondary N) is 1. The van der Waals surface area contributed by atoms with Crippen LogP contribution in [0.4, 0.5) is 0 Å². The van der Waals surface area contributed by atoms with Crippen molar-refractivity contribution in [1.29, 1.82) is 0 Å². The molecule has 1 amide bonds. The summed E-state index contributed by atoms with van der Waals surface area (Å²) in [4.78, 5) is 11.7. The van der Waals surface area contributed by atoms with Crippen molar-refractivity contribution in [3.8, 4) is 0 Å². The zero-order valence-corrected chi connectivity index (χ0v) is 12.7. The molecule has 0 heterocycles. The van der Waals surface area contributed by atoms with Crippen LogP contribution in [0, 0.1) is 5.41 Å². The Balaban J connectivity index is 3.86. The molecule has 0 spiro atoms. The largest absolute Gasteiger partial charge is 0.352 e. The quantitative estimate of drug-likeness (QED) is 0.739. The highest BCUT2D eigenvalue weighted by Gasteiger charge is 2.17. The van der Waals surface area contributed by atoms with Crippen molar-refractivity contribution < 1.29 is 4.79 Å². The van der Waals surface area contributed by atoms with Crippen LogP contribution in [0.3, 0.4) is 0 Å². The summed E-state index contributed by atoms with van der Waals surface area (Å²) >= 11 is 1.72. The molecule has 0 aliphatic rings. The molecular weight excluding hydrogens is 232 g/mol. The second-order valence-corrected chi connectivity index (χ2v) is 6.88. The van der Waals surface area contributed by atoms with Crippen LogP contribution in [-0.2, 0) is 4.79 Å². The molecule has 0 saturated carbocycles. The molecule has 3 nitrogen and oxygen atoms in total. The van der Waals surface area contributed by atoms with E-state index in [1.54, 1.807) is 11.8 Å². The van der Waals surface area contributed by atoms with Gasteiger partial charge in [-0.1, -0.05) is 20.8 Å². The summed E-state index contributed by atoms with van der Waals surface area (Å²) < 4.78 is 0. The summed E-state index contributed by atoms with van der Waals surface area (Å²) in [6, 6.07) is -0.151. The van der Waals surface area contributed by atoms with Crippen molar-refractivity contribution in [3.05, 3.63) is 0 Å². The molecule has 0 aromatic carbocycles. The molecule has 0 radical (unpaired) electrons. The third kappa shape index (κ3) is 9.48. The highest BCUT2D eigenvalue weighted by molar-refractivity contribution is 7.98. The van der Waals surface area contributed by atoms with E-state index in [4.69, 9.17) is 5.73 Å². The summed E-state index contributed by atoms with van der Waals surface area (Å²) in [5.74, 6) is 0.922. The maximum Gasteiger partial charge on any atom is 0.237 e. The monoisotopic (exact) mass is 260 g/mol. The van der Waals surface area contributed by atoms with Crippen molar-refractivity contribution in [2.75, 3.05) is 12.0 Å². The highest BCUT2D eigenvalue weighted by atomic mass is 32.2. The Morgan fingerprint density at radius 1 is 1.35 bits per heavy atom. The summed E-state index contributed by atoms with van der Waals surface area (Å²) in [7, 11) is 0. The molecule has 0 rings (SSSR count). The Morgan fingerprint density at radius 3 is 2.41 bits per heavy atom. The molecule has 0 saturated heterocycles. The number of thioether (sulfide) groups is 1. The van der Waals surface area contributed by atoms with Crippen molar-refractivity contribution in [2.45, 2.75) is 59.0 Å². The Hall–Kier alpha value is -0.220. The summed E-state index contributed by atoms with van der Waals surface area (Å²) in [6.07, 6.45) is 4.88. The van der Waals surface area contributed by atoms with Crippen molar-refractivity contribution in [1.82, 2.24) is 5.32 Å². The zero-order chi connectivity index (χ0) is 13.5. The predicted octanol–water partition coefficient (Wildman–Crippen LogP) is 2.40. The van der Waals surface area contributed by atoms with E-state index >= 15 is 0 Å². The van der Waals surface area contributed by atoms with Gasteiger partial charge in [0.05, 0.1) is 6.04 Å². The fourth-order valence-electron chi connectivity index (χ4n) is 1.45. The van der Waals surface area contributed by atoms with E-state index in [2.05, 4.69) is 26.1 Å². The number of hydrogen-bond donors (Lipinski definition) is 2. The number of rotatable bonds is 7. The first kappa shape index (κ1) is 16.8. The van der Waals surface area contributed by atoms with E-state index in [1.165, 1.54) is 0 Å². The van der Waals surface area contributed by atoms with Gasteiger partial charge in [0.15, 0.2) is 0 Å².